The zero-order chi connectivity index (χ0) is 38.3. The minimum Gasteiger partial charge on any atom is 0 e. The predicted octanol–water partition coefficient (Wildman–Crippen LogP) is 4.18. The van der Waals surface area contributed by atoms with Crippen LogP contribution in [0.15, 0.2) is 0 Å². The molecule has 2 heterocycles. The Labute approximate surface area is 403 Å². The molecule has 0 spiro atoms. The van der Waals surface area contributed by atoms with Crippen molar-refractivity contribution in [2.24, 2.45) is 0 Å². The van der Waals surface area contributed by atoms with Gasteiger partial charge in [0.1, 0.15) is 0 Å². The number of quaternary nitrogens is 2. The topological polar surface area (TPSA) is 0 Å². The summed E-state index contributed by atoms with van der Waals surface area (Å²) in [6, 6.07) is 0. The van der Waals surface area contributed by atoms with Gasteiger partial charge in [-0.25, -0.2) is 0 Å². The molecule has 0 aromatic carbocycles. The zero-order valence-electron chi connectivity index (χ0n) is 33.7. The van der Waals surface area contributed by atoms with Gasteiger partial charge in [-0.3, -0.25) is 0 Å². The van der Waals surface area contributed by atoms with Gasteiger partial charge in [-0.15, -0.1) is 0 Å². The number of hydrogen-bond acceptors (Lipinski definition) is 0. The Kier molecular flexibility index (Phi) is 47.7. The van der Waals surface area contributed by atoms with Crippen molar-refractivity contribution in [3.05, 3.63) is 3.62 Å². The van der Waals surface area contributed by atoms with E-state index < -0.39 is 0 Å². The predicted molar refractivity (Wildman–Crippen MR) is 239 cm³/mol. The molecule has 0 unspecified atom stereocenters. The van der Waals surface area contributed by atoms with Crippen molar-refractivity contribution in [2.75, 3.05) is 52.4 Å². The van der Waals surface area contributed by atoms with E-state index in [1.807, 2.05) is 0 Å². The minimum atomic E-state index is 0. The molecule has 2 aromatic heterocycles. The minimum absolute atomic E-state index is 0. The average Bonchev–Trinajstić information content (AvgIpc) is 3.57. The van der Waals surface area contributed by atoms with Gasteiger partial charge in [-0.05, 0) is 51.4 Å². The van der Waals surface area contributed by atoms with Crippen molar-refractivity contribution < 1.29 is 28.4 Å². The molecule has 2 nitrogen and oxygen atoms in total. The van der Waals surface area contributed by atoms with Gasteiger partial charge in [0.2, 0.25) is 0 Å². The summed E-state index contributed by atoms with van der Waals surface area (Å²) in [6.45, 7) is 30.0. The maximum Gasteiger partial charge on any atom is 0 e. The quantitative estimate of drug-likeness (QED) is 0.110. The van der Waals surface area contributed by atoms with Crippen LogP contribution < -0.4 is 13.3 Å². The van der Waals surface area contributed by atoms with Crippen molar-refractivity contribution >= 4 is 167 Å². The van der Waals surface area contributed by atoms with Gasteiger partial charge in [0.05, 0.1) is 52.4 Å². The first-order chi connectivity index (χ1) is 23.9. The van der Waals surface area contributed by atoms with Crippen molar-refractivity contribution in [1.29, 1.82) is 0 Å². The van der Waals surface area contributed by atoms with Crippen LogP contribution >= 0.6 is 0 Å². The molecular weight excluding hydrogens is 1340 g/mol. The molecule has 2 radical (unpaired) electrons. The zero-order valence-corrected chi connectivity index (χ0v) is 53.8. The molecule has 0 fully saturated rings. The van der Waals surface area contributed by atoms with Gasteiger partial charge < -0.3 is 8.97 Å². The molecule has 0 bridgehead atoms. The Morgan fingerprint density at radius 3 is 0.647 bits per heavy atom. The molecule has 0 atom stereocenters. The van der Waals surface area contributed by atoms with E-state index in [1.54, 1.807) is 3.62 Å². The van der Waals surface area contributed by atoms with Crippen LogP contribution in [0.1, 0.15) is 158 Å². The number of rotatable bonds is 24. The maximum absolute atomic E-state index is 3.09. The van der Waals surface area contributed by atoms with Crippen molar-refractivity contribution in [2.45, 2.75) is 158 Å². The molecular formula is C38H72N2Se10Zn. The number of nitrogens with zero attached hydrogens (tertiary/aromatic N) is 2. The molecule has 2 rings (SSSR count). The van der Waals surface area contributed by atoms with E-state index in [4.69, 9.17) is 0 Å². The van der Waals surface area contributed by atoms with Gasteiger partial charge in [0.25, 0.3) is 0 Å². The van der Waals surface area contributed by atoms with Gasteiger partial charge in [-0.2, -0.15) is 0 Å². The summed E-state index contributed by atoms with van der Waals surface area (Å²) < 4.78 is 11.8. The molecule has 0 aliphatic heterocycles. The van der Waals surface area contributed by atoms with Crippen LogP contribution in [0.2, 0.25) is 0 Å². The fraction of sp³-hybridized carbons (Fsp3) is 0.842. The van der Waals surface area contributed by atoms with E-state index in [2.05, 4.69) is 151 Å². The van der Waals surface area contributed by atoms with Crippen LogP contribution in [0.5, 0.6) is 0 Å². The van der Waals surface area contributed by atoms with E-state index in [9.17, 15) is 0 Å². The second-order valence-corrected chi connectivity index (χ2v) is 40.2. The largest absolute Gasteiger partial charge is 0 e. The van der Waals surface area contributed by atoms with Crippen LogP contribution in [-0.4, -0.2) is 215 Å². The Morgan fingerprint density at radius 1 is 0.392 bits per heavy atom. The van der Waals surface area contributed by atoms with E-state index in [1.165, 1.54) is 177 Å². The molecule has 0 N–H and O–H groups in total. The summed E-state index contributed by atoms with van der Waals surface area (Å²) in [4.78, 5) is 0. The first-order valence-electron chi connectivity index (χ1n) is 19.5. The van der Waals surface area contributed by atoms with Crippen molar-refractivity contribution in [3.63, 3.8) is 0 Å². The molecule has 0 saturated heterocycles. The Balaban J connectivity index is -0.000000630. The first kappa shape index (κ1) is 60.3. The van der Waals surface area contributed by atoms with Crippen LogP contribution in [0.25, 0.3) is 0 Å². The molecule has 51 heavy (non-hydrogen) atoms. The summed E-state index contributed by atoms with van der Waals surface area (Å²) in [6.07, 6.45) is 22.1. The van der Waals surface area contributed by atoms with Crippen LogP contribution in [0, 0.1) is 3.62 Å². The summed E-state index contributed by atoms with van der Waals surface area (Å²) in [5, 5.41) is 0. The first-order valence-corrected chi connectivity index (χ1v) is 31.5. The molecule has 296 valence electrons. The van der Waals surface area contributed by atoms with Crippen LogP contribution in [0.3, 0.4) is 0 Å². The second-order valence-electron chi connectivity index (χ2n) is 13.4. The van der Waals surface area contributed by atoms with E-state index >= 15 is 0 Å². The normalized spacial score (nSPS) is 11.0. The number of hydrogen-bond donors (Lipinski definition) is 0. The molecule has 0 aliphatic carbocycles. The third-order valence-electron chi connectivity index (χ3n) is 8.93. The Morgan fingerprint density at radius 2 is 0.569 bits per heavy atom. The third-order valence-corrected chi connectivity index (χ3v) is 31.4. The molecule has 0 aliphatic rings. The van der Waals surface area contributed by atoms with Gasteiger partial charge >= 0.3 is 170 Å². The number of unbranched alkanes of at least 4 members (excludes halogenated alkanes) is 8. The molecule has 13 heteroatoms. The van der Waals surface area contributed by atoms with E-state index in [-0.39, 0.29) is 19.5 Å². The second kappa shape index (κ2) is 40.4. The van der Waals surface area contributed by atoms with Crippen molar-refractivity contribution in [3.8, 4) is 0 Å². The van der Waals surface area contributed by atoms with Crippen LogP contribution in [-0.2, 0) is 19.5 Å². The van der Waals surface area contributed by atoms with Gasteiger partial charge in [0.15, 0.2) is 0 Å². The Hall–Kier alpha value is 4.96. The molecule has 0 amide bonds. The smallest absolute Gasteiger partial charge is 0 e. The standard InChI is InChI=1S/2C16H36N.2C3HSe5.Zn/c2*1-5-9-13-17(14-10-6-2,15-11-7-3)16-12-8-4;2*4-1-2(5)8-3(6)7-1;/h2*5-16H2,1-4H3;2*4H;/q2*+1;;;/p-2. The molecule has 2 aromatic rings. The van der Waals surface area contributed by atoms with Crippen LogP contribution in [0.4, 0.5) is 0 Å². The summed E-state index contributed by atoms with van der Waals surface area (Å²) in [5.74, 6) is 0. The third kappa shape index (κ3) is 32.4. The maximum atomic E-state index is 3.09. The summed E-state index contributed by atoms with van der Waals surface area (Å²) in [5.41, 5.74) is 0. The van der Waals surface area contributed by atoms with E-state index in [0.29, 0.717) is 58.0 Å². The SMILES string of the molecule is CCCC[N+](CCCC)(CCCC)CCCC.CCCC[N+](CCCC)(CCCC)CCCC.[Se]c1[se]c(=[Se])[se]c1[Se-].[Se]c1[se]c(=[Se])[se]c1[Se-].[Zn]. The van der Waals surface area contributed by atoms with Gasteiger partial charge in [-0.1, -0.05) is 107 Å². The monoisotopic (exact) mass is 1420 g/mol. The summed E-state index contributed by atoms with van der Waals surface area (Å²) >= 11 is 21.0. The fourth-order valence-electron chi connectivity index (χ4n) is 5.80. The summed E-state index contributed by atoms with van der Waals surface area (Å²) in [7, 11) is 0. The fourth-order valence-corrected chi connectivity index (χ4v) is 34.5. The van der Waals surface area contributed by atoms with Gasteiger partial charge in [0, 0.05) is 19.5 Å². The Bertz CT molecular complexity index is 936. The van der Waals surface area contributed by atoms with E-state index in [0.717, 1.165) is 0 Å². The van der Waals surface area contributed by atoms with Crippen molar-refractivity contribution in [1.82, 2.24) is 0 Å². The molecule has 0 saturated carbocycles. The average molecular weight is 1410 g/mol.